The van der Waals surface area contributed by atoms with Crippen LogP contribution in [0.4, 0.5) is 5.69 Å². The molecule has 0 aromatic heterocycles. The molecule has 0 bridgehead atoms. The average Bonchev–Trinajstić information content (AvgIpc) is 2.82. The first-order valence-corrected chi connectivity index (χ1v) is 13.1. The molecule has 1 amide bonds. The molecule has 0 aliphatic heterocycles. The maximum absolute atomic E-state index is 13.5. The van der Waals surface area contributed by atoms with Crippen molar-refractivity contribution in [1.82, 2.24) is 5.32 Å². The number of carbonyl (C=O) groups excluding carboxylic acids is 1. The van der Waals surface area contributed by atoms with Crippen LogP contribution in [0.3, 0.4) is 0 Å². The van der Waals surface area contributed by atoms with E-state index in [0.29, 0.717) is 5.69 Å². The monoisotopic (exact) mass is 494 g/mol. The molecule has 0 atom stereocenters. The highest BCUT2D eigenvalue weighted by Gasteiger charge is 2.28. The summed E-state index contributed by atoms with van der Waals surface area (Å²) in [4.78, 5) is 12.9. The normalized spacial score (nSPS) is 11.7. The van der Waals surface area contributed by atoms with E-state index in [-0.39, 0.29) is 30.0 Å². The predicted octanol–water partition coefficient (Wildman–Crippen LogP) is 4.99. The maximum Gasteiger partial charge on any atom is 0.264 e. The molecule has 6 nitrogen and oxygen atoms in total. The summed E-state index contributed by atoms with van der Waals surface area (Å²) in [6.07, 6.45) is 0. The number of amides is 1. The lowest BCUT2D eigenvalue weighted by molar-refractivity contribution is -0.119. The predicted molar refractivity (Wildman–Crippen MR) is 141 cm³/mol. The SMILES string of the molecule is Cc1ccc(C)c(N(CC(=O)NCCOc2ccc(C(C)(C)C)cc2)S(=O)(=O)c2ccccc2)c1. The zero-order chi connectivity index (χ0) is 25.6. The fraction of sp³-hybridized carbons (Fsp3) is 0.321. The van der Waals surface area contributed by atoms with Crippen molar-refractivity contribution in [3.8, 4) is 5.75 Å². The molecule has 3 aromatic carbocycles. The van der Waals surface area contributed by atoms with Crippen molar-refractivity contribution in [3.63, 3.8) is 0 Å². The van der Waals surface area contributed by atoms with E-state index in [9.17, 15) is 13.2 Å². The van der Waals surface area contributed by atoms with Crippen LogP contribution in [0.15, 0.2) is 77.7 Å². The number of carbonyl (C=O) groups is 1. The van der Waals surface area contributed by atoms with Crippen LogP contribution in [0.2, 0.25) is 0 Å². The second-order valence-electron chi connectivity index (χ2n) is 9.59. The van der Waals surface area contributed by atoms with E-state index in [1.165, 1.54) is 22.0 Å². The molecule has 0 spiro atoms. The zero-order valence-electron chi connectivity index (χ0n) is 21.0. The van der Waals surface area contributed by atoms with Gasteiger partial charge in [-0.05, 0) is 66.3 Å². The topological polar surface area (TPSA) is 75.7 Å². The van der Waals surface area contributed by atoms with Crippen LogP contribution in [0, 0.1) is 13.8 Å². The molecule has 0 unspecified atom stereocenters. The molecule has 0 aliphatic carbocycles. The quantitative estimate of drug-likeness (QED) is 0.425. The fourth-order valence-electron chi connectivity index (χ4n) is 3.60. The molecule has 0 heterocycles. The van der Waals surface area contributed by atoms with Crippen molar-refractivity contribution in [2.45, 2.75) is 44.9 Å². The molecule has 0 saturated carbocycles. The Balaban J connectivity index is 1.68. The van der Waals surface area contributed by atoms with Gasteiger partial charge in [-0.15, -0.1) is 0 Å². The molecule has 0 radical (unpaired) electrons. The van der Waals surface area contributed by atoms with Gasteiger partial charge in [0.2, 0.25) is 5.91 Å². The number of sulfonamides is 1. The van der Waals surface area contributed by atoms with Gasteiger partial charge < -0.3 is 10.1 Å². The number of benzene rings is 3. The smallest absolute Gasteiger partial charge is 0.264 e. The third-order valence-corrected chi connectivity index (χ3v) is 7.44. The van der Waals surface area contributed by atoms with Gasteiger partial charge in [0.1, 0.15) is 18.9 Å². The van der Waals surface area contributed by atoms with E-state index < -0.39 is 15.9 Å². The highest BCUT2D eigenvalue weighted by molar-refractivity contribution is 7.92. The van der Waals surface area contributed by atoms with Gasteiger partial charge in [-0.3, -0.25) is 9.10 Å². The highest BCUT2D eigenvalue weighted by atomic mass is 32.2. The second kappa shape index (κ2) is 11.0. The number of ether oxygens (including phenoxy) is 1. The van der Waals surface area contributed by atoms with Crippen molar-refractivity contribution in [3.05, 3.63) is 89.5 Å². The number of nitrogens with zero attached hydrogens (tertiary/aromatic N) is 1. The van der Waals surface area contributed by atoms with Crippen LogP contribution in [-0.2, 0) is 20.2 Å². The second-order valence-corrected chi connectivity index (χ2v) is 11.4. The van der Waals surface area contributed by atoms with Crippen molar-refractivity contribution in [1.29, 1.82) is 0 Å². The Labute approximate surface area is 209 Å². The largest absolute Gasteiger partial charge is 0.492 e. The first kappa shape index (κ1) is 26.3. The lowest BCUT2D eigenvalue weighted by atomic mass is 9.87. The van der Waals surface area contributed by atoms with Gasteiger partial charge in [-0.1, -0.05) is 63.2 Å². The summed E-state index contributed by atoms with van der Waals surface area (Å²) in [5, 5.41) is 2.78. The average molecular weight is 495 g/mol. The lowest BCUT2D eigenvalue weighted by Crippen LogP contribution is -2.42. The van der Waals surface area contributed by atoms with Gasteiger partial charge in [0.05, 0.1) is 17.1 Å². The number of nitrogens with one attached hydrogen (secondary N) is 1. The van der Waals surface area contributed by atoms with Gasteiger partial charge in [0.25, 0.3) is 10.0 Å². The van der Waals surface area contributed by atoms with Crippen LogP contribution in [0.1, 0.15) is 37.5 Å². The molecule has 7 heteroatoms. The molecule has 1 N–H and O–H groups in total. The van der Waals surface area contributed by atoms with Crippen molar-refractivity contribution in [2.24, 2.45) is 0 Å². The number of rotatable bonds is 9. The fourth-order valence-corrected chi connectivity index (χ4v) is 5.10. The lowest BCUT2D eigenvalue weighted by Gasteiger charge is -2.26. The van der Waals surface area contributed by atoms with Crippen LogP contribution >= 0.6 is 0 Å². The summed E-state index contributed by atoms with van der Waals surface area (Å²) < 4.78 is 33.8. The van der Waals surface area contributed by atoms with Crippen LogP contribution in [-0.4, -0.2) is 34.0 Å². The number of hydrogen-bond donors (Lipinski definition) is 1. The summed E-state index contributed by atoms with van der Waals surface area (Å²) in [5.74, 6) is 0.313. The Morgan fingerprint density at radius 1 is 0.943 bits per heavy atom. The third kappa shape index (κ3) is 6.85. The first-order valence-electron chi connectivity index (χ1n) is 11.6. The molecule has 35 heavy (non-hydrogen) atoms. The molecular formula is C28H34N2O4S. The molecule has 3 aromatic rings. The van der Waals surface area contributed by atoms with Gasteiger partial charge >= 0.3 is 0 Å². The van der Waals surface area contributed by atoms with Crippen LogP contribution < -0.4 is 14.4 Å². The minimum atomic E-state index is -3.94. The summed E-state index contributed by atoms with van der Waals surface area (Å²) in [6, 6.07) is 21.6. The maximum atomic E-state index is 13.5. The van der Waals surface area contributed by atoms with Crippen LogP contribution in [0.5, 0.6) is 5.75 Å². The van der Waals surface area contributed by atoms with Gasteiger partial charge in [0, 0.05) is 0 Å². The standard InChI is InChI=1S/C28H34N2O4S/c1-21-11-12-22(2)26(19-21)30(35(32,33)25-9-7-6-8-10-25)20-27(31)29-17-18-34-24-15-13-23(14-16-24)28(3,4)5/h6-16,19H,17-18,20H2,1-5H3,(H,29,31). The molecule has 0 aliphatic rings. The molecular weight excluding hydrogens is 460 g/mol. The summed E-state index contributed by atoms with van der Waals surface area (Å²) in [5.41, 5.74) is 3.44. The molecule has 0 fully saturated rings. The molecule has 0 saturated heterocycles. The first-order chi connectivity index (χ1) is 16.5. The Kier molecular flexibility index (Phi) is 8.22. The van der Waals surface area contributed by atoms with Crippen molar-refractivity contribution in [2.75, 3.05) is 24.0 Å². The van der Waals surface area contributed by atoms with Gasteiger partial charge in [-0.25, -0.2) is 8.42 Å². The molecule has 186 valence electrons. The third-order valence-electron chi connectivity index (χ3n) is 5.67. The number of hydrogen-bond acceptors (Lipinski definition) is 4. The highest BCUT2D eigenvalue weighted by Crippen LogP contribution is 2.28. The molecule has 3 rings (SSSR count). The summed E-state index contributed by atoms with van der Waals surface area (Å²) >= 11 is 0. The zero-order valence-corrected chi connectivity index (χ0v) is 21.9. The minimum absolute atomic E-state index is 0.0636. The Bertz CT molecular complexity index is 1250. The van der Waals surface area contributed by atoms with E-state index in [1.807, 2.05) is 50.2 Å². The van der Waals surface area contributed by atoms with E-state index in [1.54, 1.807) is 24.3 Å². The van der Waals surface area contributed by atoms with E-state index in [0.717, 1.165) is 16.9 Å². The Morgan fingerprint density at radius 3 is 2.23 bits per heavy atom. The summed E-state index contributed by atoms with van der Waals surface area (Å²) in [6.45, 7) is 10.4. The van der Waals surface area contributed by atoms with Crippen LogP contribution in [0.25, 0.3) is 0 Å². The number of aryl methyl sites for hydroxylation is 2. The van der Waals surface area contributed by atoms with Gasteiger partial charge in [-0.2, -0.15) is 0 Å². The Hall–Kier alpha value is -3.32. The minimum Gasteiger partial charge on any atom is -0.492 e. The van der Waals surface area contributed by atoms with Crippen molar-refractivity contribution >= 4 is 21.6 Å². The van der Waals surface area contributed by atoms with Crippen molar-refractivity contribution < 1.29 is 17.9 Å². The summed E-state index contributed by atoms with van der Waals surface area (Å²) in [7, 11) is -3.94. The van der Waals surface area contributed by atoms with E-state index in [2.05, 4.69) is 26.1 Å². The Morgan fingerprint density at radius 2 is 1.60 bits per heavy atom. The number of anilines is 1. The van der Waals surface area contributed by atoms with Gasteiger partial charge in [0.15, 0.2) is 0 Å². The van der Waals surface area contributed by atoms with E-state index in [4.69, 9.17) is 4.74 Å². The van der Waals surface area contributed by atoms with E-state index >= 15 is 0 Å².